The van der Waals surface area contributed by atoms with Crippen molar-refractivity contribution in [3.05, 3.63) is 59.5 Å². The van der Waals surface area contributed by atoms with Crippen LogP contribution in [0.5, 0.6) is 0 Å². The Morgan fingerprint density at radius 3 is 2.61 bits per heavy atom. The molecule has 1 aromatic heterocycles. The van der Waals surface area contributed by atoms with Crippen LogP contribution >= 0.6 is 0 Å². The van der Waals surface area contributed by atoms with Crippen LogP contribution in [0.3, 0.4) is 0 Å². The van der Waals surface area contributed by atoms with Gasteiger partial charge in [-0.3, -0.25) is 0 Å². The summed E-state index contributed by atoms with van der Waals surface area (Å²) < 4.78 is 11.5. The zero-order valence-corrected chi connectivity index (χ0v) is 14.3. The Kier molecular flexibility index (Phi) is 4.88. The molecule has 0 radical (unpaired) electrons. The van der Waals surface area contributed by atoms with Gasteiger partial charge in [0.25, 0.3) is 0 Å². The minimum absolute atomic E-state index is 0.194. The maximum Gasteiger partial charge on any atom is 0.0938 e. The summed E-state index contributed by atoms with van der Waals surface area (Å²) in [6.45, 7) is 9.31. The molecule has 2 heterocycles. The topological polar surface area (TPSA) is 34.4 Å². The Bertz CT molecular complexity index is 596. The van der Waals surface area contributed by atoms with Gasteiger partial charge in [0.1, 0.15) is 0 Å². The molecule has 3 nitrogen and oxygen atoms in total. The van der Waals surface area contributed by atoms with Crippen LogP contribution in [0.1, 0.15) is 49.8 Å². The van der Waals surface area contributed by atoms with Crippen molar-refractivity contribution in [2.24, 2.45) is 0 Å². The van der Waals surface area contributed by atoms with Crippen LogP contribution in [0.2, 0.25) is 0 Å². The third-order valence-corrected chi connectivity index (χ3v) is 4.68. The van der Waals surface area contributed by atoms with Gasteiger partial charge in [-0.25, -0.2) is 0 Å². The molecule has 1 aliphatic heterocycles. The average molecular weight is 313 g/mol. The molecule has 3 rings (SSSR count). The first-order chi connectivity index (χ1) is 11.0. The standard InChI is InChI=1S/C20H27NO2/c1-20(2,3)17-6-4-15(5-7-17)13-23-19-12-21-10-8-18(19)16-9-11-22-14-16/h4-7,9,11,14,18-19,21H,8,10,12-13H2,1-3H3/t18-,19+/m1/s1. The van der Waals surface area contributed by atoms with Gasteiger partial charge in [0.05, 0.1) is 25.2 Å². The van der Waals surface area contributed by atoms with Gasteiger partial charge in [0.15, 0.2) is 0 Å². The SMILES string of the molecule is CC(C)(C)c1ccc(CO[C@H]2CNCC[C@@H]2c2ccoc2)cc1. The number of piperidine rings is 1. The minimum Gasteiger partial charge on any atom is -0.472 e. The fourth-order valence-electron chi connectivity index (χ4n) is 3.18. The number of benzene rings is 1. The Balaban J connectivity index is 1.62. The quantitative estimate of drug-likeness (QED) is 0.917. The number of nitrogens with one attached hydrogen (secondary N) is 1. The molecule has 1 aromatic carbocycles. The summed E-state index contributed by atoms with van der Waals surface area (Å²) in [6, 6.07) is 10.9. The van der Waals surface area contributed by atoms with E-state index in [9.17, 15) is 0 Å². The maximum atomic E-state index is 6.23. The van der Waals surface area contributed by atoms with Gasteiger partial charge in [-0.2, -0.15) is 0 Å². The van der Waals surface area contributed by atoms with E-state index in [-0.39, 0.29) is 11.5 Å². The van der Waals surface area contributed by atoms with Crippen LogP contribution < -0.4 is 5.32 Å². The normalized spacial score (nSPS) is 22.2. The van der Waals surface area contributed by atoms with Crippen molar-refractivity contribution >= 4 is 0 Å². The minimum atomic E-state index is 0.194. The van der Waals surface area contributed by atoms with E-state index in [1.807, 2.05) is 6.26 Å². The van der Waals surface area contributed by atoms with Crippen molar-refractivity contribution in [2.75, 3.05) is 13.1 Å². The predicted octanol–water partition coefficient (Wildman–Crippen LogP) is 4.24. The highest BCUT2D eigenvalue weighted by Gasteiger charge is 2.27. The smallest absolute Gasteiger partial charge is 0.0938 e. The molecular formula is C20H27NO2. The van der Waals surface area contributed by atoms with Gasteiger partial charge >= 0.3 is 0 Å². The van der Waals surface area contributed by atoms with E-state index in [4.69, 9.17) is 9.15 Å². The monoisotopic (exact) mass is 313 g/mol. The lowest BCUT2D eigenvalue weighted by Gasteiger charge is -2.31. The van der Waals surface area contributed by atoms with Gasteiger partial charge in [-0.1, -0.05) is 45.0 Å². The van der Waals surface area contributed by atoms with Crippen molar-refractivity contribution in [1.29, 1.82) is 0 Å². The number of furan rings is 1. The fraction of sp³-hybridized carbons (Fsp3) is 0.500. The van der Waals surface area contributed by atoms with E-state index in [1.54, 1.807) is 6.26 Å². The van der Waals surface area contributed by atoms with E-state index in [0.717, 1.165) is 19.5 Å². The summed E-state index contributed by atoms with van der Waals surface area (Å²) in [7, 11) is 0. The van der Waals surface area contributed by atoms with E-state index in [1.165, 1.54) is 16.7 Å². The van der Waals surface area contributed by atoms with Crippen LogP contribution in [0.15, 0.2) is 47.3 Å². The molecule has 0 amide bonds. The lowest BCUT2D eigenvalue weighted by atomic mass is 9.87. The maximum absolute atomic E-state index is 6.23. The van der Waals surface area contributed by atoms with E-state index in [2.05, 4.69) is 56.4 Å². The molecule has 0 aliphatic carbocycles. The third kappa shape index (κ3) is 4.04. The van der Waals surface area contributed by atoms with Crippen molar-refractivity contribution < 1.29 is 9.15 Å². The number of ether oxygens (including phenoxy) is 1. The largest absolute Gasteiger partial charge is 0.472 e. The summed E-state index contributed by atoms with van der Waals surface area (Å²) in [5, 5.41) is 3.44. The van der Waals surface area contributed by atoms with Crippen molar-refractivity contribution in [1.82, 2.24) is 5.32 Å². The Morgan fingerprint density at radius 1 is 1.17 bits per heavy atom. The molecule has 0 unspecified atom stereocenters. The Morgan fingerprint density at radius 2 is 1.96 bits per heavy atom. The van der Waals surface area contributed by atoms with Gasteiger partial charge in [0, 0.05) is 12.5 Å². The molecule has 0 saturated carbocycles. The summed E-state index contributed by atoms with van der Waals surface area (Å²) in [5.74, 6) is 0.420. The second-order valence-electron chi connectivity index (χ2n) is 7.45. The van der Waals surface area contributed by atoms with Gasteiger partial charge in [-0.15, -0.1) is 0 Å². The number of hydrogen-bond donors (Lipinski definition) is 1. The highest BCUT2D eigenvalue weighted by molar-refractivity contribution is 5.27. The van der Waals surface area contributed by atoms with Crippen LogP contribution in [0.25, 0.3) is 0 Å². The second kappa shape index (κ2) is 6.90. The van der Waals surface area contributed by atoms with E-state index in [0.29, 0.717) is 12.5 Å². The summed E-state index contributed by atoms with van der Waals surface area (Å²) in [6.07, 6.45) is 4.89. The van der Waals surface area contributed by atoms with Gasteiger partial charge in [0.2, 0.25) is 0 Å². The Labute approximate surface area is 139 Å². The average Bonchev–Trinajstić information content (AvgIpc) is 3.07. The van der Waals surface area contributed by atoms with Crippen LogP contribution in [-0.4, -0.2) is 19.2 Å². The third-order valence-electron chi connectivity index (χ3n) is 4.68. The molecule has 124 valence electrons. The van der Waals surface area contributed by atoms with Crippen LogP contribution in [0.4, 0.5) is 0 Å². The highest BCUT2D eigenvalue weighted by Crippen LogP contribution is 2.29. The molecule has 2 aromatic rings. The first-order valence-corrected chi connectivity index (χ1v) is 8.48. The van der Waals surface area contributed by atoms with Gasteiger partial charge in [-0.05, 0) is 41.1 Å². The first-order valence-electron chi connectivity index (χ1n) is 8.48. The zero-order valence-electron chi connectivity index (χ0n) is 14.3. The van der Waals surface area contributed by atoms with E-state index < -0.39 is 0 Å². The van der Waals surface area contributed by atoms with Crippen molar-refractivity contribution in [2.45, 2.75) is 51.2 Å². The van der Waals surface area contributed by atoms with Crippen molar-refractivity contribution in [3.63, 3.8) is 0 Å². The molecule has 0 bridgehead atoms. The lowest BCUT2D eigenvalue weighted by molar-refractivity contribution is 0.0105. The molecule has 1 saturated heterocycles. The molecule has 1 fully saturated rings. The molecule has 0 spiro atoms. The second-order valence-corrected chi connectivity index (χ2v) is 7.45. The summed E-state index contributed by atoms with van der Waals surface area (Å²) >= 11 is 0. The van der Waals surface area contributed by atoms with Crippen molar-refractivity contribution in [3.8, 4) is 0 Å². The zero-order chi connectivity index (χ0) is 16.3. The summed E-state index contributed by atoms with van der Waals surface area (Å²) in [5.41, 5.74) is 4.03. The summed E-state index contributed by atoms with van der Waals surface area (Å²) in [4.78, 5) is 0. The Hall–Kier alpha value is -1.58. The van der Waals surface area contributed by atoms with Crippen LogP contribution in [-0.2, 0) is 16.8 Å². The molecule has 1 aliphatic rings. The molecule has 3 heteroatoms. The lowest BCUT2D eigenvalue weighted by Crippen LogP contribution is -2.40. The molecular weight excluding hydrogens is 286 g/mol. The molecule has 23 heavy (non-hydrogen) atoms. The fourth-order valence-corrected chi connectivity index (χ4v) is 3.18. The van der Waals surface area contributed by atoms with Crippen LogP contribution in [0, 0.1) is 0 Å². The van der Waals surface area contributed by atoms with E-state index >= 15 is 0 Å². The molecule has 2 atom stereocenters. The number of hydrogen-bond acceptors (Lipinski definition) is 3. The predicted molar refractivity (Wildman–Crippen MR) is 92.7 cm³/mol. The first kappa shape index (κ1) is 16.3. The van der Waals surface area contributed by atoms with Gasteiger partial charge < -0.3 is 14.5 Å². The molecule has 1 N–H and O–H groups in total. The highest BCUT2D eigenvalue weighted by atomic mass is 16.5. The number of rotatable bonds is 4.